The summed E-state index contributed by atoms with van der Waals surface area (Å²) in [5.41, 5.74) is 2.86. The molecule has 6 heteroatoms. The van der Waals surface area contributed by atoms with Crippen LogP contribution in [0.2, 0.25) is 0 Å². The van der Waals surface area contributed by atoms with E-state index in [0.717, 1.165) is 5.56 Å². The molecule has 5 nitrogen and oxygen atoms in total. The third-order valence-electron chi connectivity index (χ3n) is 6.20. The van der Waals surface area contributed by atoms with Gasteiger partial charge in [0.05, 0.1) is 5.56 Å². The Labute approximate surface area is 193 Å². The second-order valence-corrected chi connectivity index (χ2v) is 9.09. The van der Waals surface area contributed by atoms with Crippen LogP contribution in [0, 0.1) is 26.6 Å². The Kier molecular flexibility index (Phi) is 6.68. The lowest BCUT2D eigenvalue weighted by Crippen LogP contribution is -2.27. The maximum Gasteiger partial charge on any atom is 0.272 e. The lowest BCUT2D eigenvalue weighted by atomic mass is 9.79. The van der Waals surface area contributed by atoms with Crippen molar-refractivity contribution in [2.75, 3.05) is 5.32 Å². The van der Waals surface area contributed by atoms with Gasteiger partial charge in [-0.05, 0) is 61.1 Å². The van der Waals surface area contributed by atoms with Crippen molar-refractivity contribution in [3.05, 3.63) is 88.0 Å². The molecule has 0 fully saturated rings. The maximum absolute atomic E-state index is 13.5. The van der Waals surface area contributed by atoms with Crippen molar-refractivity contribution >= 4 is 23.2 Å². The standard InChI is InChI=1S/C27H29FN2O3/c1-16-14-20(12-13-21(16)28)29-26(33)24-17(2)23(18(3)30(24)6)25(32)22(31)15-27(4,5)19-10-8-7-9-11-19/h7-14H,15H2,1-6H3,(H,29,33). The molecular formula is C27H29FN2O3. The predicted molar refractivity (Wildman–Crippen MR) is 127 cm³/mol. The van der Waals surface area contributed by atoms with Crippen LogP contribution < -0.4 is 5.32 Å². The van der Waals surface area contributed by atoms with Crippen molar-refractivity contribution in [2.45, 2.75) is 46.5 Å². The lowest BCUT2D eigenvalue weighted by Gasteiger charge is -2.24. The SMILES string of the molecule is Cc1cc(NC(=O)c2c(C)c(C(=O)C(=O)CC(C)(C)c3ccccc3)c(C)n2C)ccc1F. The molecule has 0 saturated carbocycles. The largest absolute Gasteiger partial charge is 0.343 e. The van der Waals surface area contributed by atoms with Gasteiger partial charge >= 0.3 is 0 Å². The highest BCUT2D eigenvalue weighted by molar-refractivity contribution is 6.44. The first-order valence-corrected chi connectivity index (χ1v) is 10.8. The number of carbonyl (C=O) groups is 3. The van der Waals surface area contributed by atoms with Crippen LogP contribution in [0.25, 0.3) is 0 Å². The monoisotopic (exact) mass is 448 g/mol. The smallest absolute Gasteiger partial charge is 0.272 e. The number of hydrogen-bond acceptors (Lipinski definition) is 3. The van der Waals surface area contributed by atoms with Gasteiger partial charge in [-0.1, -0.05) is 44.2 Å². The Bertz CT molecular complexity index is 1240. The van der Waals surface area contributed by atoms with Crippen molar-refractivity contribution in [1.29, 1.82) is 0 Å². The van der Waals surface area contributed by atoms with E-state index < -0.39 is 22.9 Å². The van der Waals surface area contributed by atoms with Crippen LogP contribution in [-0.4, -0.2) is 22.0 Å². The Morgan fingerprint density at radius 3 is 2.24 bits per heavy atom. The third kappa shape index (κ3) is 4.80. The van der Waals surface area contributed by atoms with Gasteiger partial charge in [0, 0.05) is 24.8 Å². The van der Waals surface area contributed by atoms with E-state index in [-0.39, 0.29) is 23.5 Å². The Morgan fingerprint density at radius 2 is 1.64 bits per heavy atom. The van der Waals surface area contributed by atoms with Gasteiger partial charge in [0.1, 0.15) is 11.5 Å². The number of nitrogens with zero attached hydrogens (tertiary/aromatic N) is 1. The van der Waals surface area contributed by atoms with E-state index in [0.29, 0.717) is 22.5 Å². The van der Waals surface area contributed by atoms with E-state index in [1.165, 1.54) is 12.1 Å². The second kappa shape index (κ2) is 9.14. The Balaban J connectivity index is 1.87. The summed E-state index contributed by atoms with van der Waals surface area (Å²) in [6, 6.07) is 13.9. The molecule has 1 heterocycles. The van der Waals surface area contributed by atoms with Crippen molar-refractivity contribution < 1.29 is 18.8 Å². The molecular weight excluding hydrogens is 419 g/mol. The summed E-state index contributed by atoms with van der Waals surface area (Å²) in [5.74, 6) is -1.88. The van der Waals surface area contributed by atoms with E-state index in [1.54, 1.807) is 38.5 Å². The van der Waals surface area contributed by atoms with Crippen molar-refractivity contribution in [2.24, 2.45) is 7.05 Å². The van der Waals surface area contributed by atoms with Crippen LogP contribution >= 0.6 is 0 Å². The molecule has 0 aliphatic carbocycles. The molecule has 2 aromatic carbocycles. The van der Waals surface area contributed by atoms with Gasteiger partial charge in [0.15, 0.2) is 0 Å². The van der Waals surface area contributed by atoms with Gasteiger partial charge in [0.25, 0.3) is 5.91 Å². The molecule has 0 aliphatic rings. The summed E-state index contributed by atoms with van der Waals surface area (Å²) in [6.45, 7) is 8.86. The number of amides is 1. The fraction of sp³-hybridized carbons (Fsp3) is 0.296. The number of hydrogen-bond donors (Lipinski definition) is 1. The number of benzene rings is 2. The van der Waals surface area contributed by atoms with Crippen LogP contribution in [0.1, 0.15) is 63.5 Å². The molecule has 3 aromatic rings. The molecule has 33 heavy (non-hydrogen) atoms. The number of anilines is 1. The van der Waals surface area contributed by atoms with E-state index in [2.05, 4.69) is 5.32 Å². The zero-order valence-corrected chi connectivity index (χ0v) is 19.9. The van der Waals surface area contributed by atoms with Crippen LogP contribution in [-0.2, 0) is 17.3 Å². The fourth-order valence-electron chi connectivity index (χ4n) is 4.16. The van der Waals surface area contributed by atoms with Crippen LogP contribution in [0.4, 0.5) is 10.1 Å². The van der Waals surface area contributed by atoms with E-state index in [1.807, 2.05) is 44.2 Å². The zero-order valence-electron chi connectivity index (χ0n) is 19.9. The van der Waals surface area contributed by atoms with Gasteiger partial charge in [-0.25, -0.2) is 4.39 Å². The molecule has 1 N–H and O–H groups in total. The van der Waals surface area contributed by atoms with E-state index >= 15 is 0 Å². The van der Waals surface area contributed by atoms with E-state index in [9.17, 15) is 18.8 Å². The topological polar surface area (TPSA) is 68.2 Å². The zero-order chi connectivity index (χ0) is 24.5. The highest BCUT2D eigenvalue weighted by Gasteiger charge is 2.32. The number of aryl methyl sites for hydroxylation is 1. The molecule has 0 bridgehead atoms. The summed E-state index contributed by atoms with van der Waals surface area (Å²) < 4.78 is 15.2. The summed E-state index contributed by atoms with van der Waals surface area (Å²) >= 11 is 0. The van der Waals surface area contributed by atoms with Gasteiger partial charge in [-0.15, -0.1) is 0 Å². The Morgan fingerprint density at radius 1 is 1.00 bits per heavy atom. The summed E-state index contributed by atoms with van der Waals surface area (Å²) in [7, 11) is 1.68. The average Bonchev–Trinajstić information content (AvgIpc) is 2.98. The average molecular weight is 449 g/mol. The van der Waals surface area contributed by atoms with Crippen molar-refractivity contribution in [3.8, 4) is 0 Å². The fourth-order valence-corrected chi connectivity index (χ4v) is 4.16. The first-order chi connectivity index (χ1) is 15.4. The van der Waals surface area contributed by atoms with Crippen LogP contribution in [0.15, 0.2) is 48.5 Å². The van der Waals surface area contributed by atoms with Crippen molar-refractivity contribution in [1.82, 2.24) is 4.57 Å². The number of rotatable bonds is 7. The number of ketones is 2. The summed E-state index contributed by atoms with van der Waals surface area (Å²) in [4.78, 5) is 39.2. The summed E-state index contributed by atoms with van der Waals surface area (Å²) in [5, 5.41) is 2.75. The number of carbonyl (C=O) groups excluding carboxylic acids is 3. The minimum atomic E-state index is -0.596. The van der Waals surface area contributed by atoms with Gasteiger partial charge in [-0.3, -0.25) is 14.4 Å². The molecule has 3 rings (SSSR count). The van der Waals surface area contributed by atoms with Crippen LogP contribution in [0.3, 0.4) is 0 Å². The maximum atomic E-state index is 13.5. The molecule has 1 aromatic heterocycles. The normalized spacial score (nSPS) is 11.4. The summed E-state index contributed by atoms with van der Waals surface area (Å²) in [6.07, 6.45) is 0.0556. The Hall–Kier alpha value is -3.54. The number of nitrogens with one attached hydrogen (secondary N) is 1. The molecule has 172 valence electrons. The molecule has 0 atom stereocenters. The first-order valence-electron chi connectivity index (χ1n) is 10.8. The second-order valence-electron chi connectivity index (χ2n) is 9.09. The molecule has 0 radical (unpaired) electrons. The van der Waals surface area contributed by atoms with Gasteiger partial charge in [-0.2, -0.15) is 0 Å². The quantitative estimate of drug-likeness (QED) is 0.385. The molecule has 0 aliphatic heterocycles. The van der Waals surface area contributed by atoms with Gasteiger partial charge in [0.2, 0.25) is 11.6 Å². The lowest BCUT2D eigenvalue weighted by molar-refractivity contribution is -0.116. The minimum Gasteiger partial charge on any atom is -0.343 e. The minimum absolute atomic E-state index is 0.0556. The first kappa shape index (κ1) is 24.1. The molecule has 0 saturated heterocycles. The number of aromatic nitrogens is 1. The highest BCUT2D eigenvalue weighted by Crippen LogP contribution is 2.29. The highest BCUT2D eigenvalue weighted by atomic mass is 19.1. The molecule has 1 amide bonds. The van der Waals surface area contributed by atoms with Gasteiger partial charge < -0.3 is 9.88 Å². The van der Waals surface area contributed by atoms with Crippen LogP contribution in [0.5, 0.6) is 0 Å². The number of Topliss-reactive ketones (excluding diaryl/α,β-unsaturated/α-hetero) is 2. The third-order valence-corrected chi connectivity index (χ3v) is 6.20. The predicted octanol–water partition coefficient (Wildman–Crippen LogP) is 5.46. The molecule has 0 unspecified atom stereocenters. The van der Waals surface area contributed by atoms with E-state index in [4.69, 9.17) is 0 Å². The van der Waals surface area contributed by atoms with Crippen molar-refractivity contribution in [3.63, 3.8) is 0 Å². The molecule has 0 spiro atoms. The number of halogens is 1.